The summed E-state index contributed by atoms with van der Waals surface area (Å²) in [7, 11) is 0. The van der Waals surface area contributed by atoms with Gasteiger partial charge >= 0.3 is 0 Å². The summed E-state index contributed by atoms with van der Waals surface area (Å²) in [5.74, 6) is 1.76. The summed E-state index contributed by atoms with van der Waals surface area (Å²) in [6.45, 7) is 5.06. The molecule has 0 spiro atoms. The van der Waals surface area contributed by atoms with E-state index in [4.69, 9.17) is 4.74 Å². The van der Waals surface area contributed by atoms with Gasteiger partial charge in [0.05, 0.1) is 12.3 Å². The van der Waals surface area contributed by atoms with Crippen molar-refractivity contribution in [1.29, 1.82) is 0 Å². The van der Waals surface area contributed by atoms with Crippen LogP contribution in [0.4, 0.5) is 4.39 Å². The molecule has 0 aliphatic heterocycles. The average molecular weight is 341 g/mol. The van der Waals surface area contributed by atoms with Crippen molar-refractivity contribution in [2.45, 2.75) is 58.3 Å². The van der Waals surface area contributed by atoms with Crippen molar-refractivity contribution >= 4 is 0 Å². The fourth-order valence-electron chi connectivity index (χ4n) is 3.53. The summed E-state index contributed by atoms with van der Waals surface area (Å²) >= 11 is 0. The molecule has 0 saturated heterocycles. The van der Waals surface area contributed by atoms with Gasteiger partial charge in [0.2, 0.25) is 0 Å². The first kappa shape index (κ1) is 17.9. The fourth-order valence-corrected chi connectivity index (χ4v) is 3.53. The number of nitrogens with zero attached hydrogens (tertiary/aromatic N) is 1. The molecule has 1 fully saturated rings. The Hall–Kier alpha value is -1.90. The maximum absolute atomic E-state index is 14.4. The lowest BCUT2D eigenvalue weighted by Crippen LogP contribution is -2.11. The van der Waals surface area contributed by atoms with Crippen LogP contribution in [0.5, 0.6) is 5.75 Å². The molecule has 1 heterocycles. The molecule has 1 aromatic heterocycles. The van der Waals surface area contributed by atoms with Gasteiger partial charge in [0.15, 0.2) is 0 Å². The largest absolute Gasteiger partial charge is 0.493 e. The molecule has 1 aliphatic rings. The fraction of sp³-hybridized carbons (Fsp3) is 0.500. The molecule has 3 heteroatoms. The van der Waals surface area contributed by atoms with Gasteiger partial charge in [-0.05, 0) is 54.9 Å². The Bertz CT molecular complexity index is 675. The van der Waals surface area contributed by atoms with Gasteiger partial charge < -0.3 is 4.74 Å². The van der Waals surface area contributed by atoms with E-state index in [1.165, 1.54) is 37.3 Å². The number of hydrogen-bond acceptors (Lipinski definition) is 2. The second-order valence-electron chi connectivity index (χ2n) is 7.28. The minimum Gasteiger partial charge on any atom is -0.493 e. The van der Waals surface area contributed by atoms with E-state index in [1.54, 1.807) is 6.07 Å². The van der Waals surface area contributed by atoms with Crippen molar-refractivity contribution in [3.05, 3.63) is 47.9 Å². The van der Waals surface area contributed by atoms with Crippen LogP contribution in [0.15, 0.2) is 36.5 Å². The summed E-state index contributed by atoms with van der Waals surface area (Å²) in [6.07, 6.45) is 9.03. The number of unbranched alkanes of at least 4 members (excludes halogenated alkanes) is 1. The predicted octanol–water partition coefficient (Wildman–Crippen LogP) is 6.36. The van der Waals surface area contributed by atoms with Gasteiger partial charge in [0.25, 0.3) is 0 Å². The Morgan fingerprint density at radius 3 is 2.56 bits per heavy atom. The van der Waals surface area contributed by atoms with E-state index in [9.17, 15) is 4.39 Å². The highest BCUT2D eigenvalue weighted by molar-refractivity contribution is 5.61. The van der Waals surface area contributed by atoms with Gasteiger partial charge in [-0.25, -0.2) is 4.39 Å². The SMILES string of the molecule is CCCCOc1ccc(-c2ccc([C@H]3CC[C@H](C)CC3)cn2)c(F)c1. The standard InChI is InChI=1S/C22H28FNO/c1-3-4-13-25-19-10-11-20(21(23)14-19)22-12-9-18(15-24-22)17-7-5-16(2)6-8-17/h9-12,14-17H,3-8,13H2,1-2H3/t16-,17-. The highest BCUT2D eigenvalue weighted by Gasteiger charge is 2.20. The lowest BCUT2D eigenvalue weighted by Gasteiger charge is -2.26. The molecule has 0 N–H and O–H groups in total. The molecule has 2 aromatic rings. The van der Waals surface area contributed by atoms with Crippen LogP contribution in [0.2, 0.25) is 0 Å². The van der Waals surface area contributed by atoms with E-state index in [-0.39, 0.29) is 5.82 Å². The van der Waals surface area contributed by atoms with E-state index in [0.717, 1.165) is 18.8 Å². The number of halogens is 1. The molecule has 0 amide bonds. The Labute approximate surface area is 150 Å². The molecule has 0 bridgehead atoms. The minimum absolute atomic E-state index is 0.277. The molecule has 134 valence electrons. The van der Waals surface area contributed by atoms with Crippen molar-refractivity contribution in [3.63, 3.8) is 0 Å². The van der Waals surface area contributed by atoms with Gasteiger partial charge in [0.1, 0.15) is 11.6 Å². The van der Waals surface area contributed by atoms with Crippen molar-refractivity contribution in [2.75, 3.05) is 6.61 Å². The maximum Gasteiger partial charge on any atom is 0.136 e. The van der Waals surface area contributed by atoms with Crippen molar-refractivity contribution in [2.24, 2.45) is 5.92 Å². The highest BCUT2D eigenvalue weighted by atomic mass is 19.1. The second-order valence-corrected chi connectivity index (χ2v) is 7.28. The smallest absolute Gasteiger partial charge is 0.136 e. The Morgan fingerprint density at radius 1 is 1.12 bits per heavy atom. The molecule has 1 saturated carbocycles. The number of rotatable bonds is 6. The lowest BCUT2D eigenvalue weighted by molar-refractivity contribution is 0.308. The van der Waals surface area contributed by atoms with E-state index >= 15 is 0 Å². The predicted molar refractivity (Wildman–Crippen MR) is 100 cm³/mol. The zero-order chi connectivity index (χ0) is 17.6. The van der Waals surface area contributed by atoms with Crippen molar-refractivity contribution in [1.82, 2.24) is 4.98 Å². The summed E-state index contributed by atoms with van der Waals surface area (Å²) in [5.41, 5.74) is 2.51. The Morgan fingerprint density at radius 2 is 1.92 bits per heavy atom. The van der Waals surface area contributed by atoms with Crippen LogP contribution in [0, 0.1) is 11.7 Å². The first-order valence-corrected chi connectivity index (χ1v) is 9.56. The summed E-state index contributed by atoms with van der Waals surface area (Å²) < 4.78 is 20.0. The number of hydrogen-bond donors (Lipinski definition) is 0. The number of pyridine rings is 1. The summed E-state index contributed by atoms with van der Waals surface area (Å²) in [6, 6.07) is 9.12. The third-order valence-corrected chi connectivity index (χ3v) is 5.26. The lowest BCUT2D eigenvalue weighted by atomic mass is 9.80. The van der Waals surface area contributed by atoms with Crippen LogP contribution >= 0.6 is 0 Å². The molecule has 0 atom stereocenters. The molecule has 0 radical (unpaired) electrons. The van der Waals surface area contributed by atoms with Crippen LogP contribution in [0.1, 0.15) is 63.9 Å². The third-order valence-electron chi connectivity index (χ3n) is 5.26. The molecule has 3 rings (SSSR count). The van der Waals surface area contributed by atoms with Crippen molar-refractivity contribution in [3.8, 4) is 17.0 Å². The molecular weight excluding hydrogens is 313 g/mol. The van der Waals surface area contributed by atoms with Crippen LogP contribution in [-0.4, -0.2) is 11.6 Å². The zero-order valence-electron chi connectivity index (χ0n) is 15.3. The Kier molecular flexibility index (Phi) is 6.06. The molecule has 1 aliphatic carbocycles. The van der Waals surface area contributed by atoms with Crippen LogP contribution in [0.25, 0.3) is 11.3 Å². The number of ether oxygens (including phenoxy) is 1. The third kappa shape index (κ3) is 4.59. The Balaban J connectivity index is 1.69. The van der Waals surface area contributed by atoms with E-state index in [2.05, 4.69) is 24.9 Å². The molecule has 1 aromatic carbocycles. The second kappa shape index (κ2) is 8.46. The van der Waals surface area contributed by atoms with E-state index in [1.807, 2.05) is 18.3 Å². The molecule has 2 nitrogen and oxygen atoms in total. The van der Waals surface area contributed by atoms with E-state index < -0.39 is 0 Å². The van der Waals surface area contributed by atoms with Gasteiger partial charge in [-0.3, -0.25) is 4.98 Å². The normalized spacial score (nSPS) is 20.4. The highest BCUT2D eigenvalue weighted by Crippen LogP contribution is 2.35. The molecule has 25 heavy (non-hydrogen) atoms. The maximum atomic E-state index is 14.4. The summed E-state index contributed by atoms with van der Waals surface area (Å²) in [4.78, 5) is 4.53. The van der Waals surface area contributed by atoms with E-state index in [0.29, 0.717) is 29.5 Å². The monoisotopic (exact) mass is 341 g/mol. The summed E-state index contributed by atoms with van der Waals surface area (Å²) in [5, 5.41) is 0. The molecular formula is C22H28FNO. The van der Waals surface area contributed by atoms with Gasteiger partial charge in [-0.1, -0.05) is 39.2 Å². The minimum atomic E-state index is -0.277. The van der Waals surface area contributed by atoms with Gasteiger partial charge in [-0.15, -0.1) is 0 Å². The topological polar surface area (TPSA) is 22.1 Å². The number of benzene rings is 1. The van der Waals surface area contributed by atoms with Crippen LogP contribution in [0.3, 0.4) is 0 Å². The first-order chi connectivity index (χ1) is 12.2. The number of aromatic nitrogens is 1. The quantitative estimate of drug-likeness (QED) is 0.570. The van der Waals surface area contributed by atoms with Crippen LogP contribution < -0.4 is 4.74 Å². The average Bonchev–Trinajstić information content (AvgIpc) is 2.63. The van der Waals surface area contributed by atoms with Crippen molar-refractivity contribution < 1.29 is 9.13 Å². The zero-order valence-corrected chi connectivity index (χ0v) is 15.3. The molecule has 0 unspecified atom stereocenters. The van der Waals surface area contributed by atoms with Crippen LogP contribution in [-0.2, 0) is 0 Å². The first-order valence-electron chi connectivity index (χ1n) is 9.56. The van der Waals surface area contributed by atoms with Gasteiger partial charge in [0, 0.05) is 17.8 Å². The van der Waals surface area contributed by atoms with Gasteiger partial charge in [-0.2, -0.15) is 0 Å².